The van der Waals surface area contributed by atoms with E-state index in [1.807, 2.05) is 13.0 Å². The Kier molecular flexibility index (Phi) is 4.23. The summed E-state index contributed by atoms with van der Waals surface area (Å²) in [5, 5.41) is 0. The summed E-state index contributed by atoms with van der Waals surface area (Å²) in [6, 6.07) is 10.7. The van der Waals surface area contributed by atoms with Gasteiger partial charge in [0.2, 0.25) is 0 Å². The maximum absolute atomic E-state index is 5.30. The topological polar surface area (TPSA) is 16.4 Å². The first-order valence-corrected chi connectivity index (χ1v) is 6.69. The Labute approximate surface area is 116 Å². The van der Waals surface area contributed by atoms with Crippen LogP contribution in [0.15, 0.2) is 41.0 Å². The monoisotopic (exact) mass is 341 g/mol. The van der Waals surface area contributed by atoms with Crippen molar-refractivity contribution in [1.29, 1.82) is 0 Å². The molecule has 2 nitrogen and oxygen atoms in total. The lowest BCUT2D eigenvalue weighted by Crippen LogP contribution is -2.17. The SMILES string of the molecule is Cc1occc1CN(C)Cc1ccc(I)cc1. The van der Waals surface area contributed by atoms with Gasteiger partial charge < -0.3 is 4.42 Å². The van der Waals surface area contributed by atoms with Crippen molar-refractivity contribution in [2.45, 2.75) is 20.0 Å². The van der Waals surface area contributed by atoms with Crippen LogP contribution in [-0.2, 0) is 13.1 Å². The molecule has 0 bridgehead atoms. The number of furan rings is 1. The number of hydrogen-bond donors (Lipinski definition) is 0. The van der Waals surface area contributed by atoms with Crippen LogP contribution in [0.5, 0.6) is 0 Å². The largest absolute Gasteiger partial charge is 0.469 e. The summed E-state index contributed by atoms with van der Waals surface area (Å²) in [6.45, 7) is 3.89. The summed E-state index contributed by atoms with van der Waals surface area (Å²) < 4.78 is 6.58. The highest BCUT2D eigenvalue weighted by molar-refractivity contribution is 14.1. The minimum atomic E-state index is 0.925. The van der Waals surface area contributed by atoms with E-state index in [0.29, 0.717) is 0 Å². The van der Waals surface area contributed by atoms with Crippen LogP contribution in [0.2, 0.25) is 0 Å². The van der Waals surface area contributed by atoms with Crippen molar-refractivity contribution in [3.05, 3.63) is 57.1 Å². The first-order chi connectivity index (χ1) is 8.15. The van der Waals surface area contributed by atoms with Crippen molar-refractivity contribution in [3.63, 3.8) is 0 Å². The van der Waals surface area contributed by atoms with Gasteiger partial charge in [0, 0.05) is 22.2 Å². The molecular weight excluding hydrogens is 325 g/mol. The normalized spacial score (nSPS) is 11.1. The second-order valence-corrected chi connectivity index (χ2v) is 5.55. The van der Waals surface area contributed by atoms with Gasteiger partial charge in [0.1, 0.15) is 5.76 Å². The Morgan fingerprint density at radius 2 is 1.82 bits per heavy atom. The highest BCUT2D eigenvalue weighted by Gasteiger charge is 2.05. The molecule has 0 spiro atoms. The lowest BCUT2D eigenvalue weighted by molar-refractivity contribution is 0.316. The van der Waals surface area contributed by atoms with Gasteiger partial charge in [-0.15, -0.1) is 0 Å². The van der Waals surface area contributed by atoms with E-state index in [2.05, 4.69) is 58.8 Å². The molecule has 0 radical (unpaired) electrons. The van der Waals surface area contributed by atoms with Crippen molar-refractivity contribution >= 4 is 22.6 Å². The van der Waals surface area contributed by atoms with E-state index in [1.165, 1.54) is 14.7 Å². The van der Waals surface area contributed by atoms with Gasteiger partial charge in [-0.1, -0.05) is 12.1 Å². The van der Waals surface area contributed by atoms with Crippen LogP contribution in [-0.4, -0.2) is 11.9 Å². The molecular formula is C14H16INO. The quantitative estimate of drug-likeness (QED) is 0.786. The van der Waals surface area contributed by atoms with Gasteiger partial charge in [0.15, 0.2) is 0 Å². The van der Waals surface area contributed by atoms with Gasteiger partial charge in [0.05, 0.1) is 6.26 Å². The van der Waals surface area contributed by atoms with E-state index in [4.69, 9.17) is 4.42 Å². The molecule has 0 aliphatic heterocycles. The maximum atomic E-state index is 5.30. The summed E-state index contributed by atoms with van der Waals surface area (Å²) in [4.78, 5) is 2.29. The second kappa shape index (κ2) is 5.69. The fourth-order valence-electron chi connectivity index (χ4n) is 1.82. The Hall–Kier alpha value is -0.810. The third-order valence-electron chi connectivity index (χ3n) is 2.77. The summed E-state index contributed by atoms with van der Waals surface area (Å²) >= 11 is 2.33. The molecule has 2 aromatic rings. The lowest BCUT2D eigenvalue weighted by atomic mass is 10.2. The van der Waals surface area contributed by atoms with Crippen LogP contribution in [0, 0.1) is 10.5 Å². The molecule has 0 aliphatic carbocycles. The molecule has 1 aromatic carbocycles. The molecule has 0 fully saturated rings. The third kappa shape index (κ3) is 3.57. The average molecular weight is 341 g/mol. The molecule has 0 amide bonds. The number of benzene rings is 1. The fraction of sp³-hybridized carbons (Fsp3) is 0.286. The summed E-state index contributed by atoms with van der Waals surface area (Å²) in [6.07, 6.45) is 1.75. The Morgan fingerprint density at radius 1 is 1.12 bits per heavy atom. The average Bonchev–Trinajstić information content (AvgIpc) is 2.68. The molecule has 1 aromatic heterocycles. The summed E-state index contributed by atoms with van der Waals surface area (Å²) in [5.41, 5.74) is 2.60. The van der Waals surface area contributed by atoms with Crippen molar-refractivity contribution < 1.29 is 4.42 Å². The second-order valence-electron chi connectivity index (χ2n) is 4.30. The lowest BCUT2D eigenvalue weighted by Gasteiger charge is -2.16. The molecule has 1 heterocycles. The minimum Gasteiger partial charge on any atom is -0.469 e. The van der Waals surface area contributed by atoms with Crippen LogP contribution in [0.25, 0.3) is 0 Å². The van der Waals surface area contributed by atoms with Crippen molar-refractivity contribution in [2.75, 3.05) is 7.05 Å². The standard InChI is InChI=1S/C14H16INO/c1-11-13(7-8-17-11)10-16(2)9-12-3-5-14(15)6-4-12/h3-8H,9-10H2,1-2H3. The van der Waals surface area contributed by atoms with Crippen LogP contribution < -0.4 is 0 Å². The van der Waals surface area contributed by atoms with Gasteiger partial charge in [0.25, 0.3) is 0 Å². The molecule has 17 heavy (non-hydrogen) atoms. The maximum Gasteiger partial charge on any atom is 0.105 e. The van der Waals surface area contributed by atoms with E-state index in [-0.39, 0.29) is 0 Å². The fourth-order valence-corrected chi connectivity index (χ4v) is 2.18. The number of nitrogens with zero attached hydrogens (tertiary/aromatic N) is 1. The van der Waals surface area contributed by atoms with Gasteiger partial charge in [-0.3, -0.25) is 4.90 Å². The minimum absolute atomic E-state index is 0.925. The summed E-state index contributed by atoms with van der Waals surface area (Å²) in [7, 11) is 2.13. The molecule has 2 rings (SSSR count). The van der Waals surface area contributed by atoms with E-state index in [0.717, 1.165) is 18.8 Å². The van der Waals surface area contributed by atoms with E-state index in [9.17, 15) is 0 Å². The van der Waals surface area contributed by atoms with Crippen LogP contribution >= 0.6 is 22.6 Å². The predicted molar refractivity (Wildman–Crippen MR) is 77.8 cm³/mol. The predicted octanol–water partition coefficient (Wildman–Crippen LogP) is 3.82. The first kappa shape index (κ1) is 12.6. The highest BCUT2D eigenvalue weighted by Crippen LogP contribution is 2.13. The number of halogens is 1. The van der Waals surface area contributed by atoms with Gasteiger partial charge in [-0.2, -0.15) is 0 Å². The molecule has 0 atom stereocenters. The van der Waals surface area contributed by atoms with Crippen LogP contribution in [0.1, 0.15) is 16.9 Å². The van der Waals surface area contributed by atoms with Gasteiger partial charge >= 0.3 is 0 Å². The van der Waals surface area contributed by atoms with E-state index < -0.39 is 0 Å². The molecule has 0 saturated carbocycles. The molecule has 0 aliphatic rings. The zero-order valence-corrected chi connectivity index (χ0v) is 12.3. The Bertz CT molecular complexity index is 475. The molecule has 90 valence electrons. The van der Waals surface area contributed by atoms with Crippen LogP contribution in [0.4, 0.5) is 0 Å². The Morgan fingerprint density at radius 3 is 2.41 bits per heavy atom. The smallest absolute Gasteiger partial charge is 0.105 e. The van der Waals surface area contributed by atoms with E-state index in [1.54, 1.807) is 6.26 Å². The van der Waals surface area contributed by atoms with Crippen molar-refractivity contribution in [2.24, 2.45) is 0 Å². The zero-order valence-electron chi connectivity index (χ0n) is 10.1. The third-order valence-corrected chi connectivity index (χ3v) is 3.49. The van der Waals surface area contributed by atoms with E-state index >= 15 is 0 Å². The zero-order chi connectivity index (χ0) is 12.3. The number of rotatable bonds is 4. The van der Waals surface area contributed by atoms with Crippen molar-refractivity contribution in [1.82, 2.24) is 4.90 Å². The highest BCUT2D eigenvalue weighted by atomic mass is 127. The van der Waals surface area contributed by atoms with Gasteiger partial charge in [-0.05, 0) is 60.3 Å². The molecule has 0 saturated heterocycles. The molecule has 0 N–H and O–H groups in total. The summed E-state index contributed by atoms with van der Waals surface area (Å²) in [5.74, 6) is 1.01. The molecule has 3 heteroatoms. The number of hydrogen-bond acceptors (Lipinski definition) is 2. The Balaban J connectivity index is 1.95. The first-order valence-electron chi connectivity index (χ1n) is 5.61. The molecule has 0 unspecified atom stereocenters. The van der Waals surface area contributed by atoms with Gasteiger partial charge in [-0.25, -0.2) is 0 Å². The number of aryl methyl sites for hydroxylation is 1. The van der Waals surface area contributed by atoms with Crippen molar-refractivity contribution in [3.8, 4) is 0 Å². The van der Waals surface area contributed by atoms with Crippen LogP contribution in [0.3, 0.4) is 0 Å².